The van der Waals surface area contributed by atoms with Crippen LogP contribution in [0.4, 0.5) is 0 Å². The summed E-state index contributed by atoms with van der Waals surface area (Å²) >= 11 is 1.67. The lowest BCUT2D eigenvalue weighted by Gasteiger charge is -2.18. The average Bonchev–Trinajstić information content (AvgIpc) is 2.93. The molecule has 2 unspecified atom stereocenters. The number of thiazole rings is 1. The highest BCUT2D eigenvalue weighted by Crippen LogP contribution is 2.24. The SMILES string of the molecule is Cc1ccc(-c2nc(CNC(C)C(C)CO)cs2)cc1. The molecule has 0 fully saturated rings. The summed E-state index contributed by atoms with van der Waals surface area (Å²) in [4.78, 5) is 4.66. The first-order valence-corrected chi connectivity index (χ1v) is 7.84. The maximum absolute atomic E-state index is 9.12. The van der Waals surface area contributed by atoms with Gasteiger partial charge in [0.1, 0.15) is 5.01 Å². The fourth-order valence-electron chi connectivity index (χ4n) is 1.84. The van der Waals surface area contributed by atoms with Gasteiger partial charge in [0.05, 0.1) is 5.69 Å². The number of benzene rings is 1. The molecule has 2 rings (SSSR count). The lowest BCUT2D eigenvalue weighted by molar-refractivity contribution is 0.207. The molecule has 20 heavy (non-hydrogen) atoms. The highest BCUT2D eigenvalue weighted by molar-refractivity contribution is 7.13. The van der Waals surface area contributed by atoms with Crippen molar-refractivity contribution >= 4 is 11.3 Å². The molecule has 1 aromatic heterocycles. The van der Waals surface area contributed by atoms with E-state index in [1.54, 1.807) is 11.3 Å². The Kier molecular flexibility index (Phi) is 5.29. The van der Waals surface area contributed by atoms with Crippen LogP contribution in [-0.4, -0.2) is 22.7 Å². The van der Waals surface area contributed by atoms with Crippen LogP contribution in [0.2, 0.25) is 0 Å². The molecule has 0 saturated heterocycles. The summed E-state index contributed by atoms with van der Waals surface area (Å²) in [5.74, 6) is 0.255. The third kappa shape index (κ3) is 3.88. The lowest BCUT2D eigenvalue weighted by Crippen LogP contribution is -2.33. The van der Waals surface area contributed by atoms with E-state index in [1.165, 1.54) is 11.1 Å². The van der Waals surface area contributed by atoms with Crippen LogP contribution in [0.3, 0.4) is 0 Å². The molecule has 4 heteroatoms. The lowest BCUT2D eigenvalue weighted by atomic mass is 10.1. The van der Waals surface area contributed by atoms with E-state index in [1.807, 2.05) is 6.92 Å². The zero-order valence-corrected chi connectivity index (χ0v) is 13.1. The third-order valence-corrected chi connectivity index (χ3v) is 4.54. The van der Waals surface area contributed by atoms with Crippen LogP contribution in [0.25, 0.3) is 10.6 Å². The van der Waals surface area contributed by atoms with Gasteiger partial charge >= 0.3 is 0 Å². The Morgan fingerprint density at radius 2 is 1.95 bits per heavy atom. The van der Waals surface area contributed by atoms with Gasteiger partial charge in [0.15, 0.2) is 0 Å². The molecule has 0 amide bonds. The molecule has 0 saturated carbocycles. The Balaban J connectivity index is 1.97. The van der Waals surface area contributed by atoms with E-state index in [0.29, 0.717) is 0 Å². The topological polar surface area (TPSA) is 45.2 Å². The van der Waals surface area contributed by atoms with Gasteiger partial charge in [0, 0.05) is 30.1 Å². The van der Waals surface area contributed by atoms with Gasteiger partial charge in [-0.25, -0.2) is 4.98 Å². The van der Waals surface area contributed by atoms with Gasteiger partial charge < -0.3 is 10.4 Å². The van der Waals surface area contributed by atoms with E-state index < -0.39 is 0 Å². The van der Waals surface area contributed by atoms with Crippen LogP contribution in [0.1, 0.15) is 25.1 Å². The van der Waals surface area contributed by atoms with Crippen LogP contribution in [0.5, 0.6) is 0 Å². The van der Waals surface area contributed by atoms with E-state index in [9.17, 15) is 0 Å². The Hall–Kier alpha value is -1.23. The highest BCUT2D eigenvalue weighted by atomic mass is 32.1. The summed E-state index contributed by atoms with van der Waals surface area (Å²) in [7, 11) is 0. The van der Waals surface area contributed by atoms with E-state index >= 15 is 0 Å². The van der Waals surface area contributed by atoms with Crippen molar-refractivity contribution in [3.8, 4) is 10.6 Å². The molecule has 0 radical (unpaired) electrons. The van der Waals surface area contributed by atoms with Crippen molar-refractivity contribution in [2.45, 2.75) is 33.4 Å². The number of nitrogens with zero attached hydrogens (tertiary/aromatic N) is 1. The average molecular weight is 290 g/mol. The first-order chi connectivity index (χ1) is 9.60. The minimum Gasteiger partial charge on any atom is -0.396 e. The Labute approximate surface area is 124 Å². The van der Waals surface area contributed by atoms with Crippen molar-refractivity contribution in [1.29, 1.82) is 0 Å². The van der Waals surface area contributed by atoms with Crippen LogP contribution < -0.4 is 5.32 Å². The molecule has 0 aliphatic heterocycles. The molecule has 0 spiro atoms. The van der Waals surface area contributed by atoms with Crippen molar-refractivity contribution in [1.82, 2.24) is 10.3 Å². The standard InChI is InChI=1S/C16H22N2OS/c1-11-4-6-14(7-5-11)16-18-15(10-20-16)8-17-13(3)12(2)9-19/h4-7,10,12-13,17,19H,8-9H2,1-3H3. The van der Waals surface area contributed by atoms with Crippen LogP contribution in [0, 0.1) is 12.8 Å². The van der Waals surface area contributed by atoms with E-state index in [-0.39, 0.29) is 18.6 Å². The van der Waals surface area contributed by atoms with Crippen molar-refractivity contribution in [3.63, 3.8) is 0 Å². The predicted molar refractivity (Wildman–Crippen MR) is 84.8 cm³/mol. The number of aromatic nitrogens is 1. The first kappa shape index (κ1) is 15.2. The quantitative estimate of drug-likeness (QED) is 0.858. The van der Waals surface area contributed by atoms with Crippen LogP contribution >= 0.6 is 11.3 Å². The van der Waals surface area contributed by atoms with Crippen molar-refractivity contribution in [2.75, 3.05) is 6.61 Å². The van der Waals surface area contributed by atoms with Crippen LogP contribution in [-0.2, 0) is 6.54 Å². The molecule has 108 valence electrons. The Morgan fingerprint density at radius 3 is 2.60 bits per heavy atom. The highest BCUT2D eigenvalue weighted by Gasteiger charge is 2.11. The van der Waals surface area contributed by atoms with Gasteiger partial charge in [-0.15, -0.1) is 11.3 Å². The van der Waals surface area contributed by atoms with Crippen molar-refractivity contribution in [2.24, 2.45) is 5.92 Å². The molecule has 2 aromatic rings. The number of nitrogens with one attached hydrogen (secondary N) is 1. The molecule has 2 N–H and O–H groups in total. The zero-order valence-electron chi connectivity index (χ0n) is 12.3. The molecule has 0 bridgehead atoms. The second kappa shape index (κ2) is 6.97. The van der Waals surface area contributed by atoms with Crippen molar-refractivity contribution < 1.29 is 5.11 Å². The zero-order chi connectivity index (χ0) is 14.5. The summed E-state index contributed by atoms with van der Waals surface area (Å²) < 4.78 is 0. The number of rotatable bonds is 6. The molecule has 3 nitrogen and oxygen atoms in total. The maximum Gasteiger partial charge on any atom is 0.123 e. The summed E-state index contributed by atoms with van der Waals surface area (Å²) in [6.45, 7) is 7.17. The summed E-state index contributed by atoms with van der Waals surface area (Å²) in [6.07, 6.45) is 0. The number of aliphatic hydroxyl groups excluding tert-OH is 1. The molecular formula is C16H22N2OS. The Morgan fingerprint density at radius 1 is 1.25 bits per heavy atom. The predicted octanol–water partition coefficient (Wildman–Crippen LogP) is 3.23. The second-order valence-electron chi connectivity index (χ2n) is 5.34. The monoisotopic (exact) mass is 290 g/mol. The number of hydrogen-bond donors (Lipinski definition) is 2. The van der Waals surface area contributed by atoms with E-state index in [2.05, 4.69) is 53.8 Å². The molecule has 1 aromatic carbocycles. The normalized spacial score (nSPS) is 14.2. The largest absolute Gasteiger partial charge is 0.396 e. The number of hydrogen-bond acceptors (Lipinski definition) is 4. The summed E-state index contributed by atoms with van der Waals surface area (Å²) in [5.41, 5.74) is 3.49. The fraction of sp³-hybridized carbons (Fsp3) is 0.438. The first-order valence-electron chi connectivity index (χ1n) is 6.96. The molecular weight excluding hydrogens is 268 g/mol. The minimum atomic E-state index is 0.208. The number of aryl methyl sites for hydroxylation is 1. The van der Waals surface area contributed by atoms with E-state index in [4.69, 9.17) is 5.11 Å². The third-order valence-electron chi connectivity index (χ3n) is 3.60. The summed E-state index contributed by atoms with van der Waals surface area (Å²) in [6, 6.07) is 8.73. The van der Waals surface area contributed by atoms with Gasteiger partial charge in [-0.2, -0.15) is 0 Å². The second-order valence-corrected chi connectivity index (χ2v) is 6.20. The van der Waals surface area contributed by atoms with Gasteiger partial charge in [-0.3, -0.25) is 0 Å². The van der Waals surface area contributed by atoms with E-state index in [0.717, 1.165) is 17.2 Å². The molecule has 2 atom stereocenters. The number of aliphatic hydroxyl groups is 1. The molecule has 0 aliphatic rings. The maximum atomic E-state index is 9.12. The summed E-state index contributed by atoms with van der Waals surface area (Å²) in [5, 5.41) is 15.7. The molecule has 0 aliphatic carbocycles. The van der Waals surface area contributed by atoms with Gasteiger partial charge in [0.25, 0.3) is 0 Å². The minimum absolute atomic E-state index is 0.208. The van der Waals surface area contributed by atoms with Crippen molar-refractivity contribution in [3.05, 3.63) is 40.9 Å². The Bertz CT molecular complexity index is 536. The van der Waals surface area contributed by atoms with Gasteiger partial charge in [-0.05, 0) is 19.8 Å². The van der Waals surface area contributed by atoms with Crippen LogP contribution in [0.15, 0.2) is 29.6 Å². The van der Waals surface area contributed by atoms with Gasteiger partial charge in [0.2, 0.25) is 0 Å². The van der Waals surface area contributed by atoms with Gasteiger partial charge in [-0.1, -0.05) is 36.8 Å². The smallest absolute Gasteiger partial charge is 0.123 e. The molecule has 1 heterocycles. The fourth-order valence-corrected chi connectivity index (χ4v) is 2.67.